The van der Waals surface area contributed by atoms with Crippen LogP contribution < -0.4 is 5.56 Å². The van der Waals surface area contributed by atoms with E-state index in [4.69, 9.17) is 11.6 Å². The van der Waals surface area contributed by atoms with E-state index in [0.29, 0.717) is 21.3 Å². The van der Waals surface area contributed by atoms with Gasteiger partial charge in [0.05, 0.1) is 10.6 Å². The number of nitriles is 1. The van der Waals surface area contributed by atoms with Gasteiger partial charge in [0.2, 0.25) is 0 Å². The van der Waals surface area contributed by atoms with Gasteiger partial charge in [-0.15, -0.1) is 0 Å². The maximum Gasteiger partial charge on any atom is 0.289 e. The summed E-state index contributed by atoms with van der Waals surface area (Å²) in [6.45, 7) is 1.66. The molecule has 0 spiro atoms. The van der Waals surface area contributed by atoms with Crippen LogP contribution in [0.3, 0.4) is 0 Å². The summed E-state index contributed by atoms with van der Waals surface area (Å²) in [6.07, 6.45) is 0. The average molecular weight is 399 g/mol. The predicted molar refractivity (Wildman–Crippen MR) is 102 cm³/mol. The molecule has 1 heterocycles. The van der Waals surface area contributed by atoms with E-state index < -0.39 is 10.5 Å². The van der Waals surface area contributed by atoms with E-state index in [-0.39, 0.29) is 11.3 Å². The van der Waals surface area contributed by atoms with Crippen molar-refractivity contribution in [2.75, 3.05) is 0 Å². The number of hydrogen-bond acceptors (Lipinski definition) is 6. The number of hydrogen-bond donors (Lipinski definition) is 0. The average Bonchev–Trinajstić information content (AvgIpc) is 2.66. The minimum absolute atomic E-state index is 0.0279. The molecule has 2 aromatic carbocycles. The smallest absolute Gasteiger partial charge is 0.266 e. The van der Waals surface area contributed by atoms with Gasteiger partial charge in [0.25, 0.3) is 11.2 Å². The number of nitro benzene ring substituents is 1. The van der Waals surface area contributed by atoms with Crippen LogP contribution in [0, 0.1) is 28.4 Å². The lowest BCUT2D eigenvalue weighted by Crippen LogP contribution is -2.25. The molecule has 134 valence electrons. The molecule has 0 atom stereocenters. The Balaban J connectivity index is 2.11. The van der Waals surface area contributed by atoms with E-state index >= 15 is 0 Å². The molecule has 0 bridgehead atoms. The molecule has 0 radical (unpaired) electrons. The molecule has 27 heavy (non-hydrogen) atoms. The van der Waals surface area contributed by atoms with Crippen LogP contribution in [-0.2, 0) is 0 Å². The third-order valence-corrected chi connectivity index (χ3v) is 5.08. The summed E-state index contributed by atoms with van der Waals surface area (Å²) in [6, 6.07) is 14.4. The highest BCUT2D eigenvalue weighted by atomic mass is 35.5. The molecule has 0 amide bonds. The Hall–Kier alpha value is -3.15. The van der Waals surface area contributed by atoms with Crippen molar-refractivity contribution >= 4 is 29.1 Å². The third-order valence-electron chi connectivity index (χ3n) is 3.74. The summed E-state index contributed by atoms with van der Waals surface area (Å²) in [5, 5.41) is 25.6. The van der Waals surface area contributed by atoms with Gasteiger partial charge in [-0.1, -0.05) is 23.4 Å². The van der Waals surface area contributed by atoms with Gasteiger partial charge in [-0.25, -0.2) is 0 Å². The zero-order valence-electron chi connectivity index (χ0n) is 13.9. The van der Waals surface area contributed by atoms with Gasteiger partial charge in [-0.05, 0) is 43.3 Å². The fourth-order valence-electron chi connectivity index (χ4n) is 2.32. The second-order valence-electron chi connectivity index (χ2n) is 5.46. The van der Waals surface area contributed by atoms with Crippen LogP contribution >= 0.6 is 23.4 Å². The fraction of sp³-hybridized carbons (Fsp3) is 0.0556. The maximum atomic E-state index is 12.6. The third kappa shape index (κ3) is 3.84. The van der Waals surface area contributed by atoms with Gasteiger partial charge in [0, 0.05) is 27.6 Å². The van der Waals surface area contributed by atoms with Crippen LogP contribution in [-0.4, -0.2) is 14.7 Å². The molecule has 0 aliphatic heterocycles. The standard InChI is InChI=1S/C18H11ClN4O3S/c1-11-16(10-20)18(24)22(13-4-6-14(7-5-13)23(25)26)21-17(11)27-15-8-2-12(19)3-9-15/h2-9H,1H3. The summed E-state index contributed by atoms with van der Waals surface area (Å²) in [5.41, 5.74) is 0.0972. The maximum absolute atomic E-state index is 12.6. The first kappa shape index (κ1) is 18.6. The minimum Gasteiger partial charge on any atom is -0.266 e. The van der Waals surface area contributed by atoms with E-state index in [9.17, 15) is 20.2 Å². The highest BCUT2D eigenvalue weighted by Gasteiger charge is 2.17. The summed E-state index contributed by atoms with van der Waals surface area (Å²) in [7, 11) is 0. The molecule has 0 saturated heterocycles. The molecule has 0 aliphatic carbocycles. The molecule has 0 aliphatic rings. The zero-order chi connectivity index (χ0) is 19.6. The number of non-ortho nitro benzene ring substituents is 1. The second kappa shape index (κ2) is 7.61. The Labute approximate surface area is 163 Å². The van der Waals surface area contributed by atoms with E-state index in [1.54, 1.807) is 19.1 Å². The van der Waals surface area contributed by atoms with E-state index in [1.807, 2.05) is 18.2 Å². The van der Waals surface area contributed by atoms with E-state index in [0.717, 1.165) is 9.58 Å². The number of nitro groups is 1. The first-order valence-corrected chi connectivity index (χ1v) is 8.82. The van der Waals surface area contributed by atoms with Gasteiger partial charge in [-0.3, -0.25) is 14.9 Å². The SMILES string of the molecule is Cc1c(Sc2ccc(Cl)cc2)nn(-c2ccc([N+](=O)[O-])cc2)c(=O)c1C#N. The molecule has 1 aromatic heterocycles. The summed E-state index contributed by atoms with van der Waals surface area (Å²) in [5.74, 6) is 0. The summed E-state index contributed by atoms with van der Waals surface area (Å²) in [4.78, 5) is 23.7. The monoisotopic (exact) mass is 398 g/mol. The molecule has 7 nitrogen and oxygen atoms in total. The molecule has 9 heteroatoms. The number of halogens is 1. The van der Waals surface area contributed by atoms with Crippen molar-refractivity contribution < 1.29 is 4.92 Å². The molecular formula is C18H11ClN4O3S. The summed E-state index contributed by atoms with van der Waals surface area (Å²) < 4.78 is 1.08. The zero-order valence-corrected chi connectivity index (χ0v) is 15.5. The van der Waals surface area contributed by atoms with Crippen molar-refractivity contribution in [1.82, 2.24) is 9.78 Å². The predicted octanol–water partition coefficient (Wildman–Crippen LogP) is 4.13. The molecule has 0 N–H and O–H groups in total. The second-order valence-corrected chi connectivity index (χ2v) is 6.96. The Morgan fingerprint density at radius 1 is 1.19 bits per heavy atom. The van der Waals surface area contributed by atoms with Crippen molar-refractivity contribution in [1.29, 1.82) is 5.26 Å². The van der Waals surface area contributed by atoms with Crippen molar-refractivity contribution in [2.45, 2.75) is 16.8 Å². The highest BCUT2D eigenvalue weighted by Crippen LogP contribution is 2.30. The van der Waals surface area contributed by atoms with Crippen molar-refractivity contribution in [3.05, 3.63) is 85.1 Å². The Bertz CT molecular complexity index is 1120. The van der Waals surface area contributed by atoms with Crippen molar-refractivity contribution in [2.24, 2.45) is 0 Å². The first-order chi connectivity index (χ1) is 12.9. The molecule has 3 aromatic rings. The highest BCUT2D eigenvalue weighted by molar-refractivity contribution is 7.99. The Kier molecular flexibility index (Phi) is 5.26. The lowest BCUT2D eigenvalue weighted by atomic mass is 10.2. The minimum atomic E-state index is -0.579. The Morgan fingerprint density at radius 3 is 2.37 bits per heavy atom. The fourth-order valence-corrected chi connectivity index (χ4v) is 3.32. The normalized spacial score (nSPS) is 10.4. The molecular weight excluding hydrogens is 388 g/mol. The summed E-state index contributed by atoms with van der Waals surface area (Å²) >= 11 is 7.18. The van der Waals surface area contributed by atoms with Crippen LogP contribution in [0.25, 0.3) is 5.69 Å². The first-order valence-electron chi connectivity index (χ1n) is 7.63. The van der Waals surface area contributed by atoms with E-state index in [2.05, 4.69) is 5.10 Å². The van der Waals surface area contributed by atoms with Crippen LogP contribution in [0.15, 0.2) is 63.2 Å². The van der Waals surface area contributed by atoms with Crippen molar-refractivity contribution in [3.8, 4) is 11.8 Å². The number of rotatable bonds is 4. The van der Waals surface area contributed by atoms with Crippen LogP contribution in [0.2, 0.25) is 5.02 Å². The number of benzene rings is 2. The van der Waals surface area contributed by atoms with Crippen LogP contribution in [0.5, 0.6) is 0 Å². The molecule has 0 unspecified atom stereocenters. The number of nitrogens with zero attached hydrogens (tertiary/aromatic N) is 4. The number of aromatic nitrogens is 2. The van der Waals surface area contributed by atoms with Gasteiger partial charge in [0.15, 0.2) is 0 Å². The van der Waals surface area contributed by atoms with Gasteiger partial charge in [0.1, 0.15) is 16.7 Å². The topological polar surface area (TPSA) is 102 Å². The van der Waals surface area contributed by atoms with Crippen LogP contribution in [0.1, 0.15) is 11.1 Å². The lowest BCUT2D eigenvalue weighted by molar-refractivity contribution is -0.384. The Morgan fingerprint density at radius 2 is 1.81 bits per heavy atom. The lowest BCUT2D eigenvalue weighted by Gasteiger charge is -2.11. The van der Waals surface area contributed by atoms with Crippen molar-refractivity contribution in [3.63, 3.8) is 0 Å². The molecule has 0 fully saturated rings. The van der Waals surface area contributed by atoms with Gasteiger partial charge in [-0.2, -0.15) is 15.0 Å². The molecule has 3 rings (SSSR count). The largest absolute Gasteiger partial charge is 0.289 e. The molecule has 0 saturated carbocycles. The van der Waals surface area contributed by atoms with Gasteiger partial charge >= 0.3 is 0 Å². The van der Waals surface area contributed by atoms with E-state index in [1.165, 1.54) is 36.0 Å². The van der Waals surface area contributed by atoms with Gasteiger partial charge < -0.3 is 0 Å². The quantitative estimate of drug-likeness (QED) is 0.483. The van der Waals surface area contributed by atoms with Crippen LogP contribution in [0.4, 0.5) is 5.69 Å².